The number of aromatic nitrogens is 1. The van der Waals surface area contributed by atoms with Crippen LogP contribution in [0.2, 0.25) is 0 Å². The van der Waals surface area contributed by atoms with Crippen LogP contribution in [0.15, 0.2) is 59.5 Å². The molecule has 0 bridgehead atoms. The van der Waals surface area contributed by atoms with Crippen LogP contribution < -0.4 is 10.9 Å². The third kappa shape index (κ3) is 2.18. The van der Waals surface area contributed by atoms with E-state index in [1.165, 1.54) is 5.56 Å². The number of nitrogens with one attached hydrogen (secondary N) is 1. The van der Waals surface area contributed by atoms with Crippen LogP contribution in [0, 0.1) is 13.8 Å². The zero-order chi connectivity index (χ0) is 14.1. The van der Waals surface area contributed by atoms with E-state index >= 15 is 0 Å². The largest absolute Gasteiger partial charge is 0.294 e. The van der Waals surface area contributed by atoms with E-state index in [2.05, 4.69) is 24.5 Å². The van der Waals surface area contributed by atoms with Crippen molar-refractivity contribution in [3.05, 3.63) is 76.1 Å². The zero-order valence-corrected chi connectivity index (χ0v) is 11.6. The van der Waals surface area contributed by atoms with Crippen molar-refractivity contribution in [3.63, 3.8) is 0 Å². The van der Waals surface area contributed by atoms with Crippen molar-refractivity contribution in [2.75, 3.05) is 5.43 Å². The highest BCUT2D eigenvalue weighted by molar-refractivity contribution is 5.82. The number of hydrogen-bond donors (Lipinski definition) is 1. The topological polar surface area (TPSA) is 34.0 Å². The van der Waals surface area contributed by atoms with Crippen molar-refractivity contribution in [2.24, 2.45) is 0 Å². The van der Waals surface area contributed by atoms with Crippen molar-refractivity contribution < 1.29 is 0 Å². The Hall–Kier alpha value is -2.55. The van der Waals surface area contributed by atoms with Crippen molar-refractivity contribution in [3.8, 4) is 0 Å². The second-order valence-corrected chi connectivity index (χ2v) is 5.00. The Morgan fingerprint density at radius 1 is 0.950 bits per heavy atom. The monoisotopic (exact) mass is 264 g/mol. The average Bonchev–Trinajstić information content (AvgIpc) is 2.45. The summed E-state index contributed by atoms with van der Waals surface area (Å²) in [7, 11) is 0. The molecule has 0 spiro atoms. The van der Waals surface area contributed by atoms with Gasteiger partial charge in [0.05, 0.1) is 11.2 Å². The summed E-state index contributed by atoms with van der Waals surface area (Å²) >= 11 is 0. The average molecular weight is 264 g/mol. The molecule has 0 saturated carbocycles. The number of nitrogens with zero attached hydrogens (tertiary/aromatic N) is 1. The third-order valence-corrected chi connectivity index (χ3v) is 3.42. The molecule has 0 unspecified atom stereocenters. The first-order chi connectivity index (χ1) is 9.65. The molecule has 100 valence electrons. The molecule has 0 radical (unpaired) electrons. The molecule has 1 heterocycles. The Morgan fingerprint density at radius 2 is 1.70 bits per heavy atom. The van der Waals surface area contributed by atoms with E-state index in [1.807, 2.05) is 41.9 Å². The Balaban J connectivity index is 2.14. The third-order valence-electron chi connectivity index (χ3n) is 3.42. The number of rotatable bonds is 2. The molecule has 0 atom stereocenters. The molecule has 0 saturated heterocycles. The molecule has 0 fully saturated rings. The van der Waals surface area contributed by atoms with Gasteiger partial charge in [-0.1, -0.05) is 29.8 Å². The lowest BCUT2D eigenvalue weighted by atomic mass is 10.1. The molecule has 0 amide bonds. The fraction of sp³-hybridized carbons (Fsp3) is 0.118. The molecule has 0 aliphatic carbocycles. The summed E-state index contributed by atoms with van der Waals surface area (Å²) in [6.45, 7) is 4.07. The molecule has 3 heteroatoms. The molecule has 0 aliphatic heterocycles. The number of hydrogen-bond acceptors (Lipinski definition) is 2. The van der Waals surface area contributed by atoms with Crippen LogP contribution in [0.25, 0.3) is 10.9 Å². The van der Waals surface area contributed by atoms with E-state index in [9.17, 15) is 4.79 Å². The summed E-state index contributed by atoms with van der Waals surface area (Å²) in [6.07, 6.45) is 1.78. The molecular formula is C17H16N2O. The number of fused-ring (bicyclic) bond motifs is 1. The van der Waals surface area contributed by atoms with Gasteiger partial charge in [-0.25, -0.2) is 0 Å². The van der Waals surface area contributed by atoms with Crippen molar-refractivity contribution in [1.82, 2.24) is 4.68 Å². The van der Waals surface area contributed by atoms with E-state index in [0.717, 1.165) is 22.2 Å². The quantitative estimate of drug-likeness (QED) is 0.768. The summed E-state index contributed by atoms with van der Waals surface area (Å²) in [4.78, 5) is 11.9. The van der Waals surface area contributed by atoms with E-state index < -0.39 is 0 Å². The molecule has 3 rings (SSSR count). The standard InChI is InChI=1S/C17H16N2O/c1-12-6-8-14(9-7-12)18-19-11-10-16(20)15-5-3-4-13(2)17(15)19/h3-11,18H,1-2H3. The summed E-state index contributed by atoms with van der Waals surface area (Å²) in [5, 5.41) is 0.729. The van der Waals surface area contributed by atoms with Gasteiger partial charge in [0.1, 0.15) is 0 Å². The van der Waals surface area contributed by atoms with Crippen LogP contribution in [0.3, 0.4) is 0 Å². The van der Waals surface area contributed by atoms with Crippen molar-refractivity contribution in [1.29, 1.82) is 0 Å². The van der Waals surface area contributed by atoms with Gasteiger partial charge in [0, 0.05) is 17.6 Å². The minimum absolute atomic E-state index is 0.0469. The zero-order valence-electron chi connectivity index (χ0n) is 11.6. The van der Waals surface area contributed by atoms with E-state index in [4.69, 9.17) is 0 Å². The van der Waals surface area contributed by atoms with Gasteiger partial charge in [-0.2, -0.15) is 0 Å². The Labute approximate surface area is 117 Å². The lowest BCUT2D eigenvalue weighted by Gasteiger charge is -2.15. The molecular weight excluding hydrogens is 248 g/mol. The lowest BCUT2D eigenvalue weighted by molar-refractivity contribution is 0.986. The summed E-state index contributed by atoms with van der Waals surface area (Å²) in [5.74, 6) is 0. The second-order valence-electron chi connectivity index (χ2n) is 5.00. The summed E-state index contributed by atoms with van der Waals surface area (Å²) < 4.78 is 1.90. The van der Waals surface area contributed by atoms with Gasteiger partial charge in [0.2, 0.25) is 0 Å². The smallest absolute Gasteiger partial charge is 0.189 e. The maximum absolute atomic E-state index is 11.9. The van der Waals surface area contributed by atoms with E-state index in [0.29, 0.717) is 0 Å². The van der Waals surface area contributed by atoms with Crippen molar-refractivity contribution >= 4 is 16.6 Å². The number of pyridine rings is 1. The highest BCUT2D eigenvalue weighted by atomic mass is 16.1. The molecule has 1 aromatic heterocycles. The number of aryl methyl sites for hydroxylation is 2. The van der Waals surface area contributed by atoms with Crippen LogP contribution in [-0.2, 0) is 0 Å². The summed E-state index contributed by atoms with van der Waals surface area (Å²) in [5.41, 5.74) is 7.56. The molecule has 3 aromatic rings. The summed E-state index contributed by atoms with van der Waals surface area (Å²) in [6, 6.07) is 15.5. The predicted octanol–water partition coefficient (Wildman–Crippen LogP) is 3.49. The fourth-order valence-electron chi connectivity index (χ4n) is 2.34. The minimum atomic E-state index is 0.0469. The first-order valence-electron chi connectivity index (χ1n) is 6.60. The Bertz CT molecular complexity index is 817. The van der Waals surface area contributed by atoms with Gasteiger partial charge in [-0.05, 0) is 37.6 Å². The molecule has 2 aromatic carbocycles. The van der Waals surface area contributed by atoms with E-state index in [-0.39, 0.29) is 5.43 Å². The van der Waals surface area contributed by atoms with Crippen LogP contribution in [0.5, 0.6) is 0 Å². The maximum Gasteiger partial charge on any atom is 0.189 e. The molecule has 3 nitrogen and oxygen atoms in total. The first kappa shape index (κ1) is 12.5. The lowest BCUT2D eigenvalue weighted by Crippen LogP contribution is -2.15. The first-order valence-corrected chi connectivity index (χ1v) is 6.60. The Morgan fingerprint density at radius 3 is 2.45 bits per heavy atom. The maximum atomic E-state index is 11.9. The molecule has 0 aliphatic rings. The number of para-hydroxylation sites is 1. The highest BCUT2D eigenvalue weighted by Gasteiger charge is 2.05. The van der Waals surface area contributed by atoms with Gasteiger partial charge >= 0.3 is 0 Å². The number of benzene rings is 2. The minimum Gasteiger partial charge on any atom is -0.294 e. The molecule has 20 heavy (non-hydrogen) atoms. The second kappa shape index (κ2) is 4.85. The predicted molar refractivity (Wildman–Crippen MR) is 83.1 cm³/mol. The van der Waals surface area contributed by atoms with Crippen LogP contribution in [0.4, 0.5) is 5.69 Å². The highest BCUT2D eigenvalue weighted by Crippen LogP contribution is 2.16. The van der Waals surface area contributed by atoms with Gasteiger partial charge < -0.3 is 0 Å². The fourth-order valence-corrected chi connectivity index (χ4v) is 2.34. The van der Waals surface area contributed by atoms with Crippen LogP contribution in [-0.4, -0.2) is 4.68 Å². The van der Waals surface area contributed by atoms with Crippen LogP contribution in [0.1, 0.15) is 11.1 Å². The van der Waals surface area contributed by atoms with E-state index in [1.54, 1.807) is 12.3 Å². The van der Waals surface area contributed by atoms with Crippen LogP contribution >= 0.6 is 0 Å². The number of anilines is 1. The normalized spacial score (nSPS) is 10.7. The van der Waals surface area contributed by atoms with Gasteiger partial charge in [-0.3, -0.25) is 14.9 Å². The molecule has 1 N–H and O–H groups in total. The van der Waals surface area contributed by atoms with Gasteiger partial charge in [0.15, 0.2) is 5.43 Å². The van der Waals surface area contributed by atoms with Gasteiger partial charge in [0.25, 0.3) is 0 Å². The Kier molecular flexibility index (Phi) is 3.03. The van der Waals surface area contributed by atoms with Crippen molar-refractivity contribution in [2.45, 2.75) is 13.8 Å². The SMILES string of the molecule is Cc1ccc(Nn2ccc(=O)c3cccc(C)c32)cc1. The van der Waals surface area contributed by atoms with Gasteiger partial charge in [-0.15, -0.1) is 0 Å².